The third-order valence-corrected chi connectivity index (χ3v) is 3.59. The largest absolute Gasteiger partial charge is 0.481 e. The standard InChI is InChI=1S/C13H19N3O3/c1-12(2,11(18)19)13(3,4)16-9-6-5-8(7-15-9)10(14)17/h5-7H,1-4H3,(H2,14,17)(H,15,16)(H,18,19). The number of aromatic nitrogens is 1. The molecule has 0 aliphatic heterocycles. The number of carboxylic acid groups (broad SMARTS) is 1. The molecule has 0 atom stereocenters. The normalized spacial score (nSPS) is 12.0. The van der Waals surface area contributed by atoms with E-state index in [4.69, 9.17) is 5.73 Å². The minimum atomic E-state index is -0.989. The SMILES string of the molecule is CC(C)(Nc1ccc(C(N)=O)cn1)C(C)(C)C(=O)O. The number of pyridine rings is 1. The molecule has 0 unspecified atom stereocenters. The van der Waals surface area contributed by atoms with E-state index in [1.807, 2.05) is 0 Å². The van der Waals surface area contributed by atoms with Crippen molar-refractivity contribution in [2.75, 3.05) is 5.32 Å². The van der Waals surface area contributed by atoms with Gasteiger partial charge < -0.3 is 16.2 Å². The van der Waals surface area contributed by atoms with Crippen LogP contribution in [-0.2, 0) is 4.79 Å². The number of nitrogens with two attached hydrogens (primary N) is 1. The van der Waals surface area contributed by atoms with Gasteiger partial charge in [-0.3, -0.25) is 9.59 Å². The highest BCUT2D eigenvalue weighted by atomic mass is 16.4. The molecule has 0 aliphatic carbocycles. The highest BCUT2D eigenvalue weighted by molar-refractivity contribution is 5.92. The van der Waals surface area contributed by atoms with Crippen LogP contribution in [0, 0.1) is 5.41 Å². The van der Waals surface area contributed by atoms with Gasteiger partial charge in [0.15, 0.2) is 0 Å². The van der Waals surface area contributed by atoms with Gasteiger partial charge in [0, 0.05) is 11.7 Å². The van der Waals surface area contributed by atoms with Crippen molar-refractivity contribution in [3.8, 4) is 0 Å². The number of primary amides is 1. The minimum absolute atomic E-state index is 0.306. The van der Waals surface area contributed by atoms with Crippen molar-refractivity contribution in [1.82, 2.24) is 4.98 Å². The number of aliphatic carboxylic acids is 1. The second kappa shape index (κ2) is 4.87. The lowest BCUT2D eigenvalue weighted by Gasteiger charge is -2.39. The Labute approximate surface area is 112 Å². The first-order chi connectivity index (χ1) is 8.58. The van der Waals surface area contributed by atoms with E-state index in [1.54, 1.807) is 39.8 Å². The van der Waals surface area contributed by atoms with Crippen molar-refractivity contribution >= 4 is 17.7 Å². The topological polar surface area (TPSA) is 105 Å². The van der Waals surface area contributed by atoms with Gasteiger partial charge in [-0.25, -0.2) is 4.98 Å². The van der Waals surface area contributed by atoms with E-state index in [9.17, 15) is 14.7 Å². The highest BCUT2D eigenvalue weighted by Gasteiger charge is 2.43. The van der Waals surface area contributed by atoms with Crippen LogP contribution in [-0.4, -0.2) is 27.5 Å². The lowest BCUT2D eigenvalue weighted by molar-refractivity contribution is -0.149. The number of rotatable bonds is 5. The van der Waals surface area contributed by atoms with Crippen molar-refractivity contribution in [2.24, 2.45) is 11.1 Å². The summed E-state index contributed by atoms with van der Waals surface area (Å²) in [6.07, 6.45) is 1.36. The Morgan fingerprint density at radius 2 is 1.84 bits per heavy atom. The summed E-state index contributed by atoms with van der Waals surface area (Å²) >= 11 is 0. The third kappa shape index (κ3) is 3.01. The number of hydrogen-bond acceptors (Lipinski definition) is 4. The molecule has 1 aromatic heterocycles. The van der Waals surface area contributed by atoms with Crippen LogP contribution in [0.3, 0.4) is 0 Å². The van der Waals surface area contributed by atoms with Crippen LogP contribution in [0.4, 0.5) is 5.82 Å². The Bertz CT molecular complexity index is 492. The minimum Gasteiger partial charge on any atom is -0.481 e. The number of carbonyl (C=O) groups is 2. The maximum atomic E-state index is 11.3. The monoisotopic (exact) mass is 265 g/mol. The number of nitrogens with one attached hydrogen (secondary N) is 1. The predicted molar refractivity (Wildman–Crippen MR) is 71.9 cm³/mol. The summed E-state index contributed by atoms with van der Waals surface area (Å²) in [5.74, 6) is -0.966. The van der Waals surface area contributed by atoms with Gasteiger partial charge in [0.1, 0.15) is 5.82 Å². The smallest absolute Gasteiger partial charge is 0.311 e. The van der Waals surface area contributed by atoms with E-state index in [1.165, 1.54) is 6.20 Å². The highest BCUT2D eigenvalue weighted by Crippen LogP contribution is 2.33. The molecule has 104 valence electrons. The van der Waals surface area contributed by atoms with Gasteiger partial charge in [0.2, 0.25) is 5.91 Å². The summed E-state index contributed by atoms with van der Waals surface area (Å²) in [4.78, 5) is 26.3. The summed E-state index contributed by atoms with van der Waals surface area (Å²) in [5, 5.41) is 12.3. The van der Waals surface area contributed by atoms with E-state index in [0.717, 1.165) is 0 Å². The van der Waals surface area contributed by atoms with Gasteiger partial charge >= 0.3 is 5.97 Å². The van der Waals surface area contributed by atoms with Gasteiger partial charge in [-0.15, -0.1) is 0 Å². The fourth-order valence-electron chi connectivity index (χ4n) is 1.36. The summed E-state index contributed by atoms with van der Waals surface area (Å²) in [5.41, 5.74) is 3.72. The first kappa shape index (κ1) is 14.9. The average Bonchev–Trinajstić information content (AvgIpc) is 2.28. The van der Waals surface area contributed by atoms with E-state index in [2.05, 4.69) is 10.3 Å². The van der Waals surface area contributed by atoms with Crippen molar-refractivity contribution < 1.29 is 14.7 Å². The first-order valence-corrected chi connectivity index (χ1v) is 5.85. The lowest BCUT2D eigenvalue weighted by Crippen LogP contribution is -2.50. The number of hydrogen-bond donors (Lipinski definition) is 3. The van der Waals surface area contributed by atoms with Crippen LogP contribution in [0.2, 0.25) is 0 Å². The zero-order valence-electron chi connectivity index (χ0n) is 11.5. The molecule has 1 aromatic rings. The van der Waals surface area contributed by atoms with Crippen LogP contribution >= 0.6 is 0 Å². The number of carbonyl (C=O) groups excluding carboxylic acids is 1. The second-order valence-corrected chi connectivity index (χ2v) is 5.48. The Morgan fingerprint density at radius 3 is 2.21 bits per heavy atom. The first-order valence-electron chi connectivity index (χ1n) is 5.85. The second-order valence-electron chi connectivity index (χ2n) is 5.48. The molecule has 19 heavy (non-hydrogen) atoms. The maximum Gasteiger partial charge on any atom is 0.311 e. The molecular weight excluding hydrogens is 246 g/mol. The zero-order valence-corrected chi connectivity index (χ0v) is 11.5. The van der Waals surface area contributed by atoms with Gasteiger partial charge in [-0.2, -0.15) is 0 Å². The van der Waals surface area contributed by atoms with Crippen LogP contribution in [0.25, 0.3) is 0 Å². The fourth-order valence-corrected chi connectivity index (χ4v) is 1.36. The summed E-state index contributed by atoms with van der Waals surface area (Å²) < 4.78 is 0. The van der Waals surface area contributed by atoms with Crippen LogP contribution in [0.1, 0.15) is 38.1 Å². The molecule has 1 rings (SSSR count). The van der Waals surface area contributed by atoms with Gasteiger partial charge in [0.05, 0.1) is 11.0 Å². The average molecular weight is 265 g/mol. The van der Waals surface area contributed by atoms with Crippen molar-refractivity contribution in [2.45, 2.75) is 33.2 Å². The number of amides is 1. The molecule has 0 saturated carbocycles. The Morgan fingerprint density at radius 1 is 1.26 bits per heavy atom. The van der Waals surface area contributed by atoms with E-state index < -0.39 is 22.8 Å². The predicted octanol–water partition coefficient (Wildman–Crippen LogP) is 1.48. The van der Waals surface area contributed by atoms with Crippen molar-refractivity contribution in [3.05, 3.63) is 23.9 Å². The summed E-state index contributed by atoms with van der Waals surface area (Å²) in [6.45, 7) is 6.84. The zero-order chi connectivity index (χ0) is 14.8. The Hall–Kier alpha value is -2.11. The molecule has 0 fully saturated rings. The van der Waals surface area contributed by atoms with Gasteiger partial charge in [-0.1, -0.05) is 0 Å². The molecule has 0 radical (unpaired) electrons. The van der Waals surface area contributed by atoms with Gasteiger partial charge in [0.25, 0.3) is 0 Å². The molecule has 6 heteroatoms. The maximum absolute atomic E-state index is 11.3. The molecule has 6 nitrogen and oxygen atoms in total. The van der Waals surface area contributed by atoms with Crippen LogP contribution < -0.4 is 11.1 Å². The quantitative estimate of drug-likeness (QED) is 0.747. The number of carboxylic acids is 1. The molecule has 0 spiro atoms. The van der Waals surface area contributed by atoms with E-state index in [-0.39, 0.29) is 0 Å². The van der Waals surface area contributed by atoms with Crippen LogP contribution in [0.5, 0.6) is 0 Å². The molecular formula is C13H19N3O3. The lowest BCUT2D eigenvalue weighted by atomic mass is 9.74. The molecule has 1 heterocycles. The molecule has 0 aliphatic rings. The molecule has 0 aromatic carbocycles. The molecule has 0 saturated heterocycles. The fraction of sp³-hybridized carbons (Fsp3) is 0.462. The van der Waals surface area contributed by atoms with E-state index in [0.29, 0.717) is 11.4 Å². The Kier molecular flexibility index (Phi) is 3.83. The molecule has 0 bridgehead atoms. The Balaban J connectivity index is 2.95. The molecule has 4 N–H and O–H groups in total. The molecule has 1 amide bonds. The van der Waals surface area contributed by atoms with E-state index >= 15 is 0 Å². The number of anilines is 1. The van der Waals surface area contributed by atoms with Crippen molar-refractivity contribution in [1.29, 1.82) is 0 Å². The summed E-state index contributed by atoms with van der Waals surface area (Å²) in [7, 11) is 0. The van der Waals surface area contributed by atoms with Crippen molar-refractivity contribution in [3.63, 3.8) is 0 Å². The number of nitrogens with zero attached hydrogens (tertiary/aromatic N) is 1. The van der Waals surface area contributed by atoms with Crippen LogP contribution in [0.15, 0.2) is 18.3 Å². The third-order valence-electron chi connectivity index (χ3n) is 3.59. The van der Waals surface area contributed by atoms with Gasteiger partial charge in [-0.05, 0) is 39.8 Å². The summed E-state index contributed by atoms with van der Waals surface area (Å²) in [6, 6.07) is 3.14.